The third-order valence-electron chi connectivity index (χ3n) is 2.46. The molecule has 1 fully saturated rings. The third kappa shape index (κ3) is 3.36. The van der Waals surface area contributed by atoms with Crippen LogP contribution in [-0.2, 0) is 15.9 Å². The molecule has 0 aliphatic carbocycles. The largest absolute Gasteiger partial charge is 0.341 e. The predicted octanol–water partition coefficient (Wildman–Crippen LogP) is -0.581. The van der Waals surface area contributed by atoms with Gasteiger partial charge in [0, 0.05) is 19.6 Å². The Hall–Kier alpha value is -0.460. The second-order valence-electron chi connectivity index (χ2n) is 3.47. The topological polar surface area (TPSA) is 69.6 Å². The summed E-state index contributed by atoms with van der Waals surface area (Å²) in [5.41, 5.74) is 0. The molecular weight excluding hydrogens is 204 g/mol. The van der Waals surface area contributed by atoms with E-state index < -0.39 is 11.1 Å². The second-order valence-corrected chi connectivity index (χ2v) is 4.40. The van der Waals surface area contributed by atoms with Gasteiger partial charge in [0.1, 0.15) is 5.75 Å². The number of carbonyl (C=O) groups excluding carboxylic acids is 1. The maximum Gasteiger partial charge on any atom is 0.237 e. The molecule has 2 atom stereocenters. The van der Waals surface area contributed by atoms with E-state index in [4.69, 9.17) is 4.55 Å². The molecule has 14 heavy (non-hydrogen) atoms. The lowest BCUT2D eigenvalue weighted by Crippen LogP contribution is -2.47. The number of likely N-dealkylation sites (N-methyl/N-ethyl adjacent to an activating group) is 1. The van der Waals surface area contributed by atoms with E-state index >= 15 is 0 Å². The van der Waals surface area contributed by atoms with Crippen LogP contribution in [-0.4, -0.2) is 51.5 Å². The van der Waals surface area contributed by atoms with Gasteiger partial charge in [-0.05, 0) is 19.4 Å². The first-order valence-corrected chi connectivity index (χ1v) is 5.92. The minimum atomic E-state index is -2.03. The van der Waals surface area contributed by atoms with Crippen molar-refractivity contribution in [2.45, 2.75) is 18.9 Å². The maximum atomic E-state index is 11.4. The monoisotopic (exact) mass is 220 g/mol. The van der Waals surface area contributed by atoms with Gasteiger partial charge in [-0.15, -0.1) is 0 Å². The van der Waals surface area contributed by atoms with Crippen LogP contribution in [0.5, 0.6) is 0 Å². The lowest BCUT2D eigenvalue weighted by atomic mass is 10.1. The van der Waals surface area contributed by atoms with Crippen LogP contribution in [0.25, 0.3) is 0 Å². The summed E-state index contributed by atoms with van der Waals surface area (Å²) in [5, 5.41) is 3.19. The van der Waals surface area contributed by atoms with Gasteiger partial charge in [0.05, 0.1) is 0 Å². The van der Waals surface area contributed by atoms with Crippen LogP contribution >= 0.6 is 0 Å². The summed E-state index contributed by atoms with van der Waals surface area (Å²) in [4.78, 5) is 13.0. The number of piperidine rings is 1. The van der Waals surface area contributed by atoms with Crippen molar-refractivity contribution < 1.29 is 13.6 Å². The van der Waals surface area contributed by atoms with Crippen LogP contribution in [0, 0.1) is 0 Å². The van der Waals surface area contributed by atoms with Crippen LogP contribution in [0.3, 0.4) is 0 Å². The number of nitrogens with one attached hydrogen (secondary N) is 1. The Morgan fingerprint density at radius 2 is 2.43 bits per heavy atom. The lowest BCUT2D eigenvalue weighted by Gasteiger charge is -2.31. The molecule has 1 heterocycles. The Kier molecular flexibility index (Phi) is 4.50. The molecule has 1 aliphatic rings. The fraction of sp³-hybridized carbons (Fsp3) is 0.875. The van der Waals surface area contributed by atoms with E-state index in [1.54, 1.807) is 11.9 Å². The highest BCUT2D eigenvalue weighted by atomic mass is 32.2. The van der Waals surface area contributed by atoms with Gasteiger partial charge in [0.2, 0.25) is 5.91 Å². The van der Waals surface area contributed by atoms with Crippen molar-refractivity contribution in [3.05, 3.63) is 0 Å². The molecule has 6 heteroatoms. The van der Waals surface area contributed by atoms with Crippen molar-refractivity contribution in [1.29, 1.82) is 0 Å². The molecule has 1 saturated heterocycles. The van der Waals surface area contributed by atoms with Crippen LogP contribution in [0.15, 0.2) is 0 Å². The summed E-state index contributed by atoms with van der Waals surface area (Å²) in [6, 6.07) is 0.166. The van der Waals surface area contributed by atoms with Crippen molar-refractivity contribution in [2.75, 3.05) is 25.9 Å². The molecular formula is C8H16N2O3S. The van der Waals surface area contributed by atoms with Gasteiger partial charge in [0.15, 0.2) is 11.1 Å². The zero-order valence-electron chi connectivity index (χ0n) is 8.23. The molecule has 0 spiro atoms. The Morgan fingerprint density at radius 1 is 1.71 bits per heavy atom. The zero-order chi connectivity index (χ0) is 10.6. The molecule has 0 saturated carbocycles. The normalized spacial score (nSPS) is 24.3. The Balaban J connectivity index is 2.41. The summed E-state index contributed by atoms with van der Waals surface area (Å²) in [7, 11) is 1.69. The van der Waals surface area contributed by atoms with Crippen molar-refractivity contribution in [3.8, 4) is 0 Å². The minimum Gasteiger partial charge on any atom is -0.341 e. The average molecular weight is 220 g/mol. The average Bonchev–Trinajstić information content (AvgIpc) is 2.17. The van der Waals surface area contributed by atoms with Crippen LogP contribution in [0.4, 0.5) is 0 Å². The van der Waals surface area contributed by atoms with Crippen molar-refractivity contribution in [3.63, 3.8) is 0 Å². The summed E-state index contributed by atoms with van der Waals surface area (Å²) in [6.07, 6.45) is 2.01. The minimum absolute atomic E-state index is 0.166. The second kappa shape index (κ2) is 5.43. The molecule has 82 valence electrons. The van der Waals surface area contributed by atoms with Gasteiger partial charge in [0.25, 0.3) is 0 Å². The molecule has 2 unspecified atom stereocenters. The van der Waals surface area contributed by atoms with E-state index in [9.17, 15) is 9.00 Å². The molecule has 1 rings (SSSR count). The van der Waals surface area contributed by atoms with E-state index in [1.807, 2.05) is 0 Å². The molecule has 0 aromatic carbocycles. The summed E-state index contributed by atoms with van der Waals surface area (Å²) < 4.78 is 19.0. The highest BCUT2D eigenvalue weighted by Gasteiger charge is 2.22. The lowest BCUT2D eigenvalue weighted by molar-refractivity contribution is -0.129. The summed E-state index contributed by atoms with van der Waals surface area (Å²) in [5.74, 6) is -0.563. The van der Waals surface area contributed by atoms with E-state index in [0.717, 1.165) is 25.9 Å². The molecule has 5 nitrogen and oxygen atoms in total. The van der Waals surface area contributed by atoms with Gasteiger partial charge >= 0.3 is 0 Å². The van der Waals surface area contributed by atoms with E-state index in [2.05, 4.69) is 5.32 Å². The van der Waals surface area contributed by atoms with Crippen LogP contribution < -0.4 is 5.32 Å². The number of nitrogens with zero attached hydrogens (tertiary/aromatic N) is 1. The molecule has 0 aromatic heterocycles. The zero-order valence-corrected chi connectivity index (χ0v) is 9.05. The van der Waals surface area contributed by atoms with Crippen molar-refractivity contribution >= 4 is 17.0 Å². The Labute approximate surface area is 86.1 Å². The van der Waals surface area contributed by atoms with Crippen LogP contribution in [0.1, 0.15) is 12.8 Å². The molecule has 2 N–H and O–H groups in total. The molecule has 1 amide bonds. The van der Waals surface area contributed by atoms with Gasteiger partial charge < -0.3 is 14.8 Å². The highest BCUT2D eigenvalue weighted by molar-refractivity contribution is 7.80. The molecule has 0 radical (unpaired) electrons. The van der Waals surface area contributed by atoms with Gasteiger partial charge in [-0.25, -0.2) is 4.21 Å². The van der Waals surface area contributed by atoms with Crippen molar-refractivity contribution in [2.24, 2.45) is 0 Å². The van der Waals surface area contributed by atoms with E-state index in [-0.39, 0.29) is 17.7 Å². The number of hydrogen-bond acceptors (Lipinski definition) is 3. The van der Waals surface area contributed by atoms with E-state index in [1.165, 1.54) is 0 Å². The van der Waals surface area contributed by atoms with Crippen LogP contribution in [0.2, 0.25) is 0 Å². The Morgan fingerprint density at radius 3 is 2.93 bits per heavy atom. The smallest absolute Gasteiger partial charge is 0.237 e. The summed E-state index contributed by atoms with van der Waals surface area (Å²) >= 11 is -2.03. The molecule has 0 bridgehead atoms. The van der Waals surface area contributed by atoms with Gasteiger partial charge in [-0.2, -0.15) is 0 Å². The molecule has 0 aromatic rings. The quantitative estimate of drug-likeness (QED) is 0.624. The molecule has 1 aliphatic heterocycles. The first-order valence-electron chi connectivity index (χ1n) is 4.65. The first kappa shape index (κ1) is 11.6. The SMILES string of the molecule is CN(C(=O)CS(=O)O)C1CCCNC1. The maximum absolute atomic E-state index is 11.4. The number of hydrogen-bond donors (Lipinski definition) is 2. The van der Waals surface area contributed by atoms with E-state index in [0.29, 0.717) is 0 Å². The number of rotatable bonds is 3. The van der Waals surface area contributed by atoms with Gasteiger partial charge in [-0.3, -0.25) is 4.79 Å². The number of carbonyl (C=O) groups is 1. The number of amides is 1. The fourth-order valence-electron chi connectivity index (χ4n) is 1.58. The fourth-order valence-corrected chi connectivity index (χ4v) is 1.99. The summed E-state index contributed by atoms with van der Waals surface area (Å²) in [6.45, 7) is 1.77. The van der Waals surface area contributed by atoms with Gasteiger partial charge in [-0.1, -0.05) is 0 Å². The third-order valence-corrected chi connectivity index (χ3v) is 2.95. The predicted molar refractivity (Wildman–Crippen MR) is 54.3 cm³/mol. The standard InChI is InChI=1S/C8H16N2O3S/c1-10(8(11)6-14(12)13)7-3-2-4-9-5-7/h7,9H,2-6H2,1H3,(H,12,13). The highest BCUT2D eigenvalue weighted by Crippen LogP contribution is 2.08. The Bertz CT molecular complexity index is 229. The van der Waals surface area contributed by atoms with Crippen molar-refractivity contribution in [1.82, 2.24) is 10.2 Å². The first-order chi connectivity index (χ1) is 6.61.